The van der Waals surface area contributed by atoms with Crippen LogP contribution >= 0.6 is 0 Å². The fraction of sp³-hybridized carbons (Fsp3) is 0.480. The Hall–Kier alpha value is -2.62. The number of urea groups is 1. The average Bonchev–Trinajstić information content (AvgIpc) is 3.32. The minimum absolute atomic E-state index is 0.150. The molecule has 0 aliphatic carbocycles. The van der Waals surface area contributed by atoms with Crippen LogP contribution in [-0.4, -0.2) is 81.0 Å². The number of amides is 2. The van der Waals surface area contributed by atoms with E-state index in [0.29, 0.717) is 32.8 Å². The summed E-state index contributed by atoms with van der Waals surface area (Å²) in [6.07, 6.45) is -0.701. The Morgan fingerprint density at radius 1 is 0.941 bits per heavy atom. The number of hydrogen-bond donors (Lipinski definition) is 0. The number of anilines is 1. The first kappa shape index (κ1) is 24.5. The number of morpholine rings is 1. The van der Waals surface area contributed by atoms with Gasteiger partial charge in [0.25, 0.3) is 0 Å². The van der Waals surface area contributed by atoms with Gasteiger partial charge in [-0.2, -0.15) is 4.31 Å². The van der Waals surface area contributed by atoms with Crippen LogP contribution in [0.2, 0.25) is 0 Å². The van der Waals surface area contributed by atoms with Crippen molar-refractivity contribution in [2.24, 2.45) is 0 Å². The predicted octanol–water partition coefficient (Wildman–Crippen LogP) is 3.30. The predicted molar refractivity (Wildman–Crippen MR) is 132 cm³/mol. The fourth-order valence-electron chi connectivity index (χ4n) is 4.63. The largest absolute Gasteiger partial charge is 0.378 e. The van der Waals surface area contributed by atoms with Crippen molar-refractivity contribution in [1.29, 1.82) is 0 Å². The molecule has 9 heteroatoms. The number of carbonyl (C=O) groups excluding carboxylic acids is 1. The smallest absolute Gasteiger partial charge is 0.321 e. The molecule has 4 rings (SSSR count). The molecule has 0 saturated carbocycles. The van der Waals surface area contributed by atoms with Crippen molar-refractivity contribution < 1.29 is 17.9 Å². The van der Waals surface area contributed by atoms with Gasteiger partial charge in [-0.3, -0.25) is 0 Å². The van der Waals surface area contributed by atoms with Crippen LogP contribution in [-0.2, 0) is 14.8 Å². The number of carbonyl (C=O) groups is 1. The summed E-state index contributed by atoms with van der Waals surface area (Å²) in [6, 6.07) is 14.6. The van der Waals surface area contributed by atoms with Crippen molar-refractivity contribution in [3.8, 4) is 0 Å². The topological polar surface area (TPSA) is 73.4 Å². The van der Waals surface area contributed by atoms with Crippen LogP contribution in [0.4, 0.5) is 10.5 Å². The number of benzene rings is 2. The van der Waals surface area contributed by atoms with Gasteiger partial charge in [-0.05, 0) is 50.6 Å². The molecule has 1 atom stereocenters. The van der Waals surface area contributed by atoms with Crippen LogP contribution in [0.25, 0.3) is 0 Å². The molecule has 2 amide bonds. The molecule has 2 aliphatic rings. The van der Waals surface area contributed by atoms with E-state index in [4.69, 9.17) is 4.74 Å². The Bertz CT molecular complexity index is 1080. The zero-order valence-corrected chi connectivity index (χ0v) is 21.0. The van der Waals surface area contributed by atoms with Crippen molar-refractivity contribution >= 4 is 21.7 Å². The van der Waals surface area contributed by atoms with E-state index in [1.807, 2.05) is 31.2 Å². The molecule has 0 bridgehead atoms. The van der Waals surface area contributed by atoms with E-state index in [9.17, 15) is 13.2 Å². The highest BCUT2D eigenvalue weighted by Gasteiger charge is 2.44. The summed E-state index contributed by atoms with van der Waals surface area (Å²) < 4.78 is 34.2. The van der Waals surface area contributed by atoms with Gasteiger partial charge < -0.3 is 19.4 Å². The van der Waals surface area contributed by atoms with Crippen LogP contribution < -0.4 is 4.90 Å². The Kier molecular flexibility index (Phi) is 7.45. The summed E-state index contributed by atoms with van der Waals surface area (Å²) >= 11 is 0. The molecule has 2 aromatic rings. The summed E-state index contributed by atoms with van der Waals surface area (Å²) in [5.74, 6) is 0. The van der Waals surface area contributed by atoms with Crippen molar-refractivity contribution in [2.75, 3.05) is 57.4 Å². The third kappa shape index (κ3) is 4.78. The van der Waals surface area contributed by atoms with Crippen molar-refractivity contribution in [1.82, 2.24) is 14.1 Å². The fourth-order valence-corrected chi connectivity index (χ4v) is 6.20. The first-order valence-electron chi connectivity index (χ1n) is 11.9. The molecule has 8 nitrogen and oxygen atoms in total. The van der Waals surface area contributed by atoms with Gasteiger partial charge in [-0.15, -0.1) is 0 Å². The minimum atomic E-state index is -3.80. The van der Waals surface area contributed by atoms with Crippen molar-refractivity contribution in [3.05, 3.63) is 59.7 Å². The maximum atomic E-state index is 13.7. The van der Waals surface area contributed by atoms with Crippen LogP contribution in [0.1, 0.15) is 31.1 Å². The van der Waals surface area contributed by atoms with Gasteiger partial charge in [0, 0.05) is 45.0 Å². The molecule has 34 heavy (non-hydrogen) atoms. The Morgan fingerprint density at radius 3 is 2.15 bits per heavy atom. The van der Waals surface area contributed by atoms with E-state index < -0.39 is 16.2 Å². The molecule has 2 aromatic carbocycles. The van der Waals surface area contributed by atoms with Gasteiger partial charge in [0.1, 0.15) is 6.17 Å². The van der Waals surface area contributed by atoms with Crippen molar-refractivity contribution in [3.63, 3.8) is 0 Å². The summed E-state index contributed by atoms with van der Waals surface area (Å²) in [5.41, 5.74) is 2.85. The summed E-state index contributed by atoms with van der Waals surface area (Å²) in [5, 5.41) is 0. The van der Waals surface area contributed by atoms with Gasteiger partial charge >= 0.3 is 6.03 Å². The standard InChI is InChI=1S/C25H34N4O4S/c1-4-26(5-2)22-10-8-21(9-11-22)24-28(25(30)27-16-18-33-19-17-27)14-15-29(24)34(31,32)23-12-6-20(3)7-13-23/h6-13,24H,4-5,14-19H2,1-3H3/t24-/m0/s1. The average molecular weight is 487 g/mol. The zero-order valence-electron chi connectivity index (χ0n) is 20.2. The summed E-state index contributed by atoms with van der Waals surface area (Å²) in [7, 11) is -3.80. The van der Waals surface area contributed by atoms with Gasteiger partial charge in [-0.25, -0.2) is 13.2 Å². The van der Waals surface area contributed by atoms with Crippen LogP contribution in [0.15, 0.2) is 53.4 Å². The summed E-state index contributed by atoms with van der Waals surface area (Å²) in [6.45, 7) is 10.5. The zero-order chi connectivity index (χ0) is 24.3. The minimum Gasteiger partial charge on any atom is -0.378 e. The maximum Gasteiger partial charge on any atom is 0.321 e. The van der Waals surface area contributed by atoms with Gasteiger partial charge in [0.05, 0.1) is 18.1 Å². The third-order valence-corrected chi connectivity index (χ3v) is 8.47. The van der Waals surface area contributed by atoms with E-state index in [1.165, 1.54) is 4.31 Å². The molecular weight excluding hydrogens is 452 g/mol. The Balaban J connectivity index is 1.71. The van der Waals surface area contributed by atoms with Gasteiger partial charge in [0.2, 0.25) is 10.0 Å². The molecule has 0 aromatic heterocycles. The molecule has 0 N–H and O–H groups in total. The van der Waals surface area contributed by atoms with Gasteiger partial charge in [0.15, 0.2) is 0 Å². The van der Waals surface area contributed by atoms with Crippen molar-refractivity contribution in [2.45, 2.75) is 31.8 Å². The molecule has 0 radical (unpaired) electrons. The molecule has 184 valence electrons. The molecule has 2 aliphatic heterocycles. The SMILES string of the molecule is CCN(CC)c1ccc([C@H]2N(C(=O)N3CCOCC3)CCN2S(=O)(=O)c2ccc(C)cc2)cc1. The highest BCUT2D eigenvalue weighted by molar-refractivity contribution is 7.89. The second-order valence-corrected chi connectivity index (χ2v) is 10.5. The molecule has 2 saturated heterocycles. The number of sulfonamides is 1. The van der Waals surface area contributed by atoms with E-state index in [1.54, 1.807) is 34.1 Å². The van der Waals surface area contributed by atoms with E-state index >= 15 is 0 Å². The lowest BCUT2D eigenvalue weighted by Crippen LogP contribution is -2.49. The molecular formula is C25H34N4O4S. The maximum absolute atomic E-state index is 13.7. The first-order chi connectivity index (χ1) is 16.4. The molecule has 2 heterocycles. The van der Waals surface area contributed by atoms with E-state index in [-0.39, 0.29) is 17.5 Å². The summed E-state index contributed by atoms with van der Waals surface area (Å²) in [4.78, 5) is 19.4. The van der Waals surface area contributed by atoms with Crippen LogP contribution in [0, 0.1) is 6.92 Å². The highest BCUT2D eigenvalue weighted by atomic mass is 32.2. The first-order valence-corrected chi connectivity index (χ1v) is 13.4. The quantitative estimate of drug-likeness (QED) is 0.627. The highest BCUT2D eigenvalue weighted by Crippen LogP contribution is 2.36. The number of rotatable bonds is 6. The molecule has 0 unspecified atom stereocenters. The number of nitrogens with zero attached hydrogens (tertiary/aromatic N) is 4. The number of ether oxygens (including phenoxy) is 1. The second kappa shape index (κ2) is 10.3. The molecule has 0 spiro atoms. The van der Waals surface area contributed by atoms with Crippen LogP contribution in [0.5, 0.6) is 0 Å². The lowest BCUT2D eigenvalue weighted by atomic mass is 10.1. The van der Waals surface area contributed by atoms with E-state index in [0.717, 1.165) is 29.9 Å². The van der Waals surface area contributed by atoms with Crippen LogP contribution in [0.3, 0.4) is 0 Å². The van der Waals surface area contributed by atoms with Gasteiger partial charge in [-0.1, -0.05) is 29.8 Å². The second-order valence-electron chi connectivity index (χ2n) is 8.64. The number of hydrogen-bond acceptors (Lipinski definition) is 5. The Labute approximate surface area is 202 Å². The lowest BCUT2D eigenvalue weighted by molar-refractivity contribution is 0.0400. The molecule has 2 fully saturated rings. The third-order valence-electron chi connectivity index (χ3n) is 6.60. The van der Waals surface area contributed by atoms with E-state index in [2.05, 4.69) is 18.7 Å². The normalized spacial score (nSPS) is 19.4. The monoisotopic (exact) mass is 486 g/mol. The Morgan fingerprint density at radius 2 is 1.56 bits per heavy atom. The number of aryl methyl sites for hydroxylation is 1. The lowest BCUT2D eigenvalue weighted by Gasteiger charge is -2.35.